The van der Waals surface area contributed by atoms with Crippen LogP contribution in [0.2, 0.25) is 0 Å². The van der Waals surface area contributed by atoms with Gasteiger partial charge in [-0.25, -0.2) is 59.8 Å². The van der Waals surface area contributed by atoms with Crippen molar-refractivity contribution < 1.29 is 9.53 Å². The standard InChI is InChI=1S/C23H28N4S.C20H30N4S.2C19H28N4S.C19H27N3OS.C17H22N4OS/c1-16-7-8-19-20(13-16)28-23-21(19)22(24-15-25-23)26-18-9-11-27(12-10-18)14-17-5-3-2-4-6-17;1-20(2)10-4-5-15-17(20)16-18(22-12-23-19(16)25-15)24-14-8-6-13(7-9-14)11-21-3;1-19(2)10-9-14-16(19)15-17(20-11-21-18(15)24-14)22-12-5-7-13(8-6-12)23(3)4;1-19(2)9-8-14-16(19)15-17(21-11-22-18(15)24-14)23-13-6-4-12(5-7-13)10-20-3;1-19(2)10-9-14-16(19)15-17(20-11-21-18(15)24-14)23-13-7-5-12(6-8-13)22(3)4;1-10-2-3-12-13(8-10)23-17-14(12)16(19-9-20-17)21-6-4-11(5-7-21)15(18)22/h2-6,15-16,18H,7-14H2,1H3,(H,24,25,26);12-14,21H,4-11H2,1-3H3,(H,22,23,24);11-13H,5-10H2,1-4H3,(H,20,21,22);11-13,20H,4-10H2,1-3H3,(H,21,22,23);11-13H,5-10H2,1-4H3;9-11H,2-8H2,1H3,(H2,18,22). The summed E-state index contributed by atoms with van der Waals surface area (Å²) in [7, 11) is 12.9. The molecule has 10 aliphatic carbocycles. The number of nitrogens with one attached hydrogen (secondary N) is 6. The minimum absolute atomic E-state index is 0.0146. The van der Waals surface area contributed by atoms with Crippen LogP contribution in [0.5, 0.6) is 5.88 Å². The van der Waals surface area contributed by atoms with Gasteiger partial charge in [0.1, 0.15) is 102 Å². The first-order valence-electron chi connectivity index (χ1n) is 56.2. The third-order valence-corrected chi connectivity index (χ3v) is 42.3. The highest BCUT2D eigenvalue weighted by Crippen LogP contribution is 2.55. The molecule has 31 heteroatoms. The van der Waals surface area contributed by atoms with Crippen LogP contribution in [-0.4, -0.2) is 204 Å². The van der Waals surface area contributed by atoms with Gasteiger partial charge in [-0.1, -0.05) is 99.6 Å². The molecule has 1 aromatic carbocycles. The summed E-state index contributed by atoms with van der Waals surface area (Å²) in [6, 6.07) is 14.4. The second-order valence-corrected chi connectivity index (χ2v) is 54.9. The lowest BCUT2D eigenvalue weighted by molar-refractivity contribution is -0.122. The molecular weight excluding hydrogens is 1950 g/mol. The molecule has 14 heterocycles. The van der Waals surface area contributed by atoms with Gasteiger partial charge in [-0.3, -0.25) is 9.69 Å². The monoisotopic (exact) mass is 2110 g/mol. The van der Waals surface area contributed by atoms with E-state index >= 15 is 0 Å². The topological polar surface area (TPSA) is 292 Å². The summed E-state index contributed by atoms with van der Waals surface area (Å²) in [6.07, 6.45) is 52.6. The molecule has 4 saturated carbocycles. The summed E-state index contributed by atoms with van der Waals surface area (Å²) >= 11 is 11.2. The van der Waals surface area contributed by atoms with Crippen LogP contribution in [0.15, 0.2) is 68.3 Å². The van der Waals surface area contributed by atoms with E-state index in [0.717, 1.165) is 173 Å². The van der Waals surface area contributed by atoms with E-state index in [-0.39, 0.29) is 33.5 Å². The van der Waals surface area contributed by atoms with Crippen LogP contribution in [0.3, 0.4) is 0 Å². The van der Waals surface area contributed by atoms with Crippen molar-refractivity contribution in [2.24, 2.45) is 35.3 Å². The Morgan fingerprint density at radius 1 is 0.392 bits per heavy atom. The SMILES string of the molecule is CC1CCc2c(sc3ncnc(N4CCC(C(N)=O)CC4)c23)C1.CC1CCc2c(sc3ncnc(NC4CCN(Cc5ccccc5)CC4)c23)C1.CN(C)C1CCC(Nc2ncnc3sc4c(c23)C(C)(C)CC4)CC1.CN(C)C1CCC(Oc2ncnc3sc4c(c23)C(C)(C)CC4)CC1.CNCC1CCC(Nc2ncnc3sc4c(c23)C(C)(C)CC4)CC1.CNCC1CCC(Nc2ncnc3sc4c(c23)C(C)(C)CCC4)CC1. The number of amides is 1. The molecule has 2 atom stereocenters. The molecule has 6 fully saturated rings. The number of nitrogens with two attached hydrogens (primary N) is 1. The normalized spacial score (nSPS) is 24.4. The van der Waals surface area contributed by atoms with Crippen LogP contribution in [0, 0.1) is 29.6 Å². The number of rotatable bonds is 20. The van der Waals surface area contributed by atoms with Crippen LogP contribution in [0.4, 0.5) is 29.1 Å². The summed E-state index contributed by atoms with van der Waals surface area (Å²) in [4.78, 5) is 92.0. The number of nitrogens with zero attached hydrogens (tertiary/aromatic N) is 16. The zero-order valence-corrected chi connectivity index (χ0v) is 95.9. The average Bonchev–Trinajstić information content (AvgIpc) is 1.60. The predicted molar refractivity (Wildman–Crippen MR) is 620 cm³/mol. The van der Waals surface area contributed by atoms with E-state index in [2.05, 4.69) is 253 Å². The Bertz CT molecular complexity index is 6580. The zero-order chi connectivity index (χ0) is 103. The van der Waals surface area contributed by atoms with Gasteiger partial charge in [0, 0.05) is 104 Å². The maximum atomic E-state index is 11.4. The van der Waals surface area contributed by atoms with Crippen molar-refractivity contribution in [2.75, 3.05) is 108 Å². The number of ether oxygens (including phenoxy) is 1. The van der Waals surface area contributed by atoms with E-state index in [4.69, 9.17) is 10.5 Å². The number of piperidine rings is 2. The lowest BCUT2D eigenvalue weighted by atomic mass is 9.75. The maximum Gasteiger partial charge on any atom is 0.225 e. The van der Waals surface area contributed by atoms with E-state index < -0.39 is 0 Å². The van der Waals surface area contributed by atoms with Crippen molar-refractivity contribution >= 4 is 164 Å². The fourth-order valence-corrected chi connectivity index (χ4v) is 34.6. The number of benzene rings is 1. The smallest absolute Gasteiger partial charge is 0.225 e. The van der Waals surface area contributed by atoms with Crippen LogP contribution in [-0.2, 0) is 84.4 Å². The maximum absolute atomic E-state index is 11.4. The van der Waals surface area contributed by atoms with Crippen LogP contribution < -0.4 is 47.3 Å². The Labute approximate surface area is 902 Å². The number of aromatic nitrogens is 12. The van der Waals surface area contributed by atoms with Gasteiger partial charge < -0.3 is 57.1 Å². The van der Waals surface area contributed by atoms with E-state index in [1.165, 1.54) is 292 Å². The van der Waals surface area contributed by atoms with Gasteiger partial charge in [-0.15, -0.1) is 68.0 Å². The van der Waals surface area contributed by atoms with E-state index in [0.29, 0.717) is 36.3 Å². The van der Waals surface area contributed by atoms with Gasteiger partial charge in [0.05, 0.1) is 32.3 Å². The molecule has 1 amide bonds. The molecule has 0 radical (unpaired) electrons. The van der Waals surface area contributed by atoms with E-state index in [1.54, 1.807) is 38.0 Å². The number of aryl methyl sites for hydroxylation is 6. The molecule has 2 aliphatic heterocycles. The highest BCUT2D eigenvalue weighted by atomic mass is 32.1. The number of hydrogen-bond donors (Lipinski definition) is 7. The predicted octanol–water partition coefficient (Wildman–Crippen LogP) is 24.4. The van der Waals surface area contributed by atoms with Gasteiger partial charge in [0.25, 0.3) is 0 Å². The van der Waals surface area contributed by atoms with Gasteiger partial charge in [-0.2, -0.15) is 0 Å². The number of likely N-dealkylation sites (tertiary alicyclic amines) is 1. The molecular formula is C117H163N23O2S6. The zero-order valence-electron chi connectivity index (χ0n) is 91.0. The lowest BCUT2D eigenvalue weighted by Gasteiger charge is -2.33. The molecule has 25 nitrogen and oxygen atoms in total. The summed E-state index contributed by atoms with van der Waals surface area (Å²) < 4.78 is 6.41. The quantitative estimate of drug-likeness (QED) is 0.0373. The molecule has 0 bridgehead atoms. The second kappa shape index (κ2) is 46.4. The molecule has 12 aliphatic rings. The highest BCUT2D eigenvalue weighted by molar-refractivity contribution is 7.20. The first kappa shape index (κ1) is 107. The summed E-state index contributed by atoms with van der Waals surface area (Å²) in [5.74, 6) is 9.24. The Morgan fingerprint density at radius 3 is 1.20 bits per heavy atom. The Kier molecular flexibility index (Phi) is 33.4. The second-order valence-electron chi connectivity index (χ2n) is 48.3. The fraction of sp³-hybridized carbons (Fsp3) is 0.632. The number of carbonyl (C=O) groups is 1. The average molecular weight is 2120 g/mol. The molecule has 2 unspecified atom stereocenters. The van der Waals surface area contributed by atoms with Crippen molar-refractivity contribution in [3.05, 3.63) is 137 Å². The van der Waals surface area contributed by atoms with Crippen molar-refractivity contribution in [3.63, 3.8) is 0 Å². The number of hydrogen-bond acceptors (Lipinski definition) is 30. The van der Waals surface area contributed by atoms with Crippen molar-refractivity contribution in [1.82, 2.24) is 85.1 Å². The number of carbonyl (C=O) groups excluding carboxylic acids is 1. The molecule has 0 spiro atoms. The van der Waals surface area contributed by atoms with Crippen LogP contribution >= 0.6 is 68.0 Å². The Hall–Kier alpha value is -8.47. The third-order valence-electron chi connectivity index (χ3n) is 35.4. The Balaban J connectivity index is 0.000000108. The Morgan fingerprint density at radius 2 is 0.757 bits per heavy atom. The van der Waals surface area contributed by atoms with Gasteiger partial charge >= 0.3 is 0 Å². The lowest BCUT2D eigenvalue weighted by Crippen LogP contribution is -2.39. The van der Waals surface area contributed by atoms with Crippen LogP contribution in [0.25, 0.3) is 61.3 Å². The summed E-state index contributed by atoms with van der Waals surface area (Å²) in [5.41, 5.74) is 16.8. The minimum Gasteiger partial charge on any atom is -0.474 e. The molecule has 148 heavy (non-hydrogen) atoms. The largest absolute Gasteiger partial charge is 0.474 e. The van der Waals surface area contributed by atoms with E-state index in [9.17, 15) is 4.79 Å². The van der Waals surface area contributed by atoms with Crippen molar-refractivity contribution in [1.29, 1.82) is 0 Å². The highest BCUT2D eigenvalue weighted by Gasteiger charge is 2.43. The molecule has 2 saturated heterocycles. The van der Waals surface area contributed by atoms with Crippen molar-refractivity contribution in [3.8, 4) is 5.88 Å². The first-order valence-corrected chi connectivity index (χ1v) is 61.1. The van der Waals surface area contributed by atoms with Gasteiger partial charge in [0.2, 0.25) is 11.8 Å². The van der Waals surface area contributed by atoms with Gasteiger partial charge in [0.15, 0.2) is 0 Å². The third kappa shape index (κ3) is 23.8. The molecule has 25 rings (SSSR count). The van der Waals surface area contributed by atoms with Crippen LogP contribution in [0.1, 0.15) is 311 Å². The summed E-state index contributed by atoms with van der Waals surface area (Å²) in [6.45, 7) is 30.9. The van der Waals surface area contributed by atoms with Crippen molar-refractivity contribution in [2.45, 2.75) is 365 Å². The first-order chi connectivity index (χ1) is 71.5. The number of anilines is 5. The fourth-order valence-electron chi connectivity index (χ4n) is 26.6. The molecule has 13 aromatic rings. The molecule has 8 N–H and O–H groups in total. The number of fused-ring (bicyclic) bond motifs is 18. The molecule has 12 aromatic heterocycles. The summed E-state index contributed by atoms with van der Waals surface area (Å²) in [5, 5.41) is 29.4. The minimum atomic E-state index is -0.167. The molecule has 794 valence electrons. The van der Waals surface area contributed by atoms with E-state index in [1.807, 2.05) is 68.0 Å². The number of thiophene rings is 6. The van der Waals surface area contributed by atoms with Gasteiger partial charge in [-0.05, 0) is 364 Å². The number of primary amides is 1.